The Labute approximate surface area is 191 Å². The smallest absolute Gasteiger partial charge is 0.273 e. The summed E-state index contributed by atoms with van der Waals surface area (Å²) >= 11 is 0. The van der Waals surface area contributed by atoms with Crippen LogP contribution in [0.5, 0.6) is 11.5 Å². The van der Waals surface area contributed by atoms with Gasteiger partial charge in [-0.15, -0.1) is 0 Å². The first-order valence-corrected chi connectivity index (χ1v) is 10.7. The van der Waals surface area contributed by atoms with Gasteiger partial charge in [-0.2, -0.15) is 5.10 Å². The van der Waals surface area contributed by atoms with Gasteiger partial charge >= 0.3 is 0 Å². The summed E-state index contributed by atoms with van der Waals surface area (Å²) in [5, 5.41) is 18.3. The Kier molecular flexibility index (Phi) is 5.09. The second kappa shape index (κ2) is 8.09. The van der Waals surface area contributed by atoms with E-state index < -0.39 is 0 Å². The van der Waals surface area contributed by atoms with E-state index in [2.05, 4.69) is 15.2 Å². The number of ether oxygens (including phenoxy) is 1. The van der Waals surface area contributed by atoms with Crippen molar-refractivity contribution in [3.05, 3.63) is 94.4 Å². The molecule has 1 aliphatic rings. The number of nitrogens with one attached hydrogen (secondary N) is 1. The second-order valence-electron chi connectivity index (χ2n) is 8.31. The van der Waals surface area contributed by atoms with Crippen LogP contribution in [0.25, 0.3) is 11.3 Å². The second-order valence-corrected chi connectivity index (χ2v) is 8.31. The molecule has 7 heteroatoms. The third-order valence-electron chi connectivity index (χ3n) is 6.07. The molecule has 1 aliphatic heterocycles. The van der Waals surface area contributed by atoms with Crippen molar-refractivity contribution >= 4 is 5.91 Å². The molecule has 0 saturated heterocycles. The van der Waals surface area contributed by atoms with E-state index in [1.165, 1.54) is 0 Å². The number of aromatic nitrogens is 3. The maximum Gasteiger partial charge on any atom is 0.273 e. The molecule has 4 aromatic rings. The highest BCUT2D eigenvalue weighted by Gasteiger charge is 2.42. The first-order chi connectivity index (χ1) is 16.0. The summed E-state index contributed by atoms with van der Waals surface area (Å²) in [5.41, 5.74) is 6.02. The molecule has 0 radical (unpaired) electrons. The van der Waals surface area contributed by atoms with E-state index in [0.717, 1.165) is 33.6 Å². The number of phenolic OH excluding ortho intramolecular Hbond substituents is 1. The number of amides is 1. The highest BCUT2D eigenvalue weighted by Crippen LogP contribution is 2.46. The number of nitrogens with zero attached hydrogens (tertiary/aromatic N) is 3. The minimum atomic E-state index is -0.382. The normalized spacial score (nSPS) is 15.1. The van der Waals surface area contributed by atoms with Crippen LogP contribution in [0, 0.1) is 13.8 Å². The fourth-order valence-electron chi connectivity index (χ4n) is 4.53. The number of aromatic amines is 1. The molecular weight excluding hydrogens is 416 g/mol. The first-order valence-electron chi connectivity index (χ1n) is 10.7. The summed E-state index contributed by atoms with van der Waals surface area (Å²) in [4.78, 5) is 19.5. The predicted molar refractivity (Wildman–Crippen MR) is 124 cm³/mol. The number of hydrogen-bond acceptors (Lipinski definition) is 5. The van der Waals surface area contributed by atoms with Crippen molar-refractivity contribution in [1.29, 1.82) is 0 Å². The van der Waals surface area contributed by atoms with Gasteiger partial charge in [0, 0.05) is 30.1 Å². The van der Waals surface area contributed by atoms with Gasteiger partial charge in [0.05, 0.1) is 13.2 Å². The zero-order chi connectivity index (χ0) is 23.1. The lowest BCUT2D eigenvalue weighted by molar-refractivity contribution is 0.0730. The van der Waals surface area contributed by atoms with Crippen LogP contribution in [0.4, 0.5) is 0 Å². The zero-order valence-electron chi connectivity index (χ0n) is 18.7. The van der Waals surface area contributed by atoms with Crippen LogP contribution in [0.1, 0.15) is 44.3 Å². The Morgan fingerprint density at radius 2 is 1.94 bits per heavy atom. The quantitative estimate of drug-likeness (QED) is 0.475. The largest absolute Gasteiger partial charge is 0.507 e. The standard InChI is InChI=1S/C26H24N4O3/c1-15-11-16(2)25(31)20(12-15)22-21-23(29-28-22)26(32)30(14-17-5-4-10-27-13-17)24(21)18-6-8-19(33-3)9-7-18/h4-13,24,31H,14H2,1-3H3,(H,28,29)/t24-/m0/s1. The molecule has 2 aromatic carbocycles. The Hall–Kier alpha value is -4.13. The number of benzene rings is 2. The molecule has 1 atom stereocenters. The molecule has 1 amide bonds. The number of H-pyrrole nitrogens is 1. The summed E-state index contributed by atoms with van der Waals surface area (Å²) in [7, 11) is 1.62. The Morgan fingerprint density at radius 1 is 1.15 bits per heavy atom. The molecule has 3 heterocycles. The number of aromatic hydroxyl groups is 1. The highest BCUT2D eigenvalue weighted by molar-refractivity contribution is 6.00. The molecule has 2 aromatic heterocycles. The van der Waals surface area contributed by atoms with Gasteiger partial charge in [0.1, 0.15) is 22.9 Å². The molecule has 166 valence electrons. The molecule has 0 aliphatic carbocycles. The van der Waals surface area contributed by atoms with E-state index in [1.807, 2.05) is 67.3 Å². The summed E-state index contributed by atoms with van der Waals surface area (Å²) in [5.74, 6) is 0.764. The van der Waals surface area contributed by atoms with Gasteiger partial charge in [-0.1, -0.05) is 24.3 Å². The lowest BCUT2D eigenvalue weighted by atomic mass is 9.94. The van der Waals surface area contributed by atoms with Gasteiger partial charge in [0.15, 0.2) is 0 Å². The van der Waals surface area contributed by atoms with Crippen molar-refractivity contribution in [3.8, 4) is 22.8 Å². The van der Waals surface area contributed by atoms with E-state index in [0.29, 0.717) is 23.5 Å². The Balaban J connectivity index is 1.68. The minimum absolute atomic E-state index is 0.141. The number of hydrogen-bond donors (Lipinski definition) is 2. The lowest BCUT2D eigenvalue weighted by Crippen LogP contribution is -2.29. The van der Waals surface area contributed by atoms with Gasteiger partial charge in [0.25, 0.3) is 5.91 Å². The van der Waals surface area contributed by atoms with Gasteiger partial charge in [-0.25, -0.2) is 0 Å². The molecule has 5 rings (SSSR count). The molecular formula is C26H24N4O3. The third-order valence-corrected chi connectivity index (χ3v) is 6.07. The van der Waals surface area contributed by atoms with E-state index in [-0.39, 0.29) is 17.7 Å². The SMILES string of the molecule is COc1ccc([C@H]2c3c(-c4cc(C)cc(C)c4O)n[nH]c3C(=O)N2Cc2cccnc2)cc1. The fraction of sp³-hybridized carbons (Fsp3) is 0.192. The third kappa shape index (κ3) is 3.51. The zero-order valence-corrected chi connectivity index (χ0v) is 18.7. The summed E-state index contributed by atoms with van der Waals surface area (Å²) < 4.78 is 5.32. The molecule has 0 saturated carbocycles. The number of aryl methyl sites for hydroxylation is 2. The van der Waals surface area contributed by atoms with Crippen LogP contribution >= 0.6 is 0 Å². The number of pyridine rings is 1. The number of fused-ring (bicyclic) bond motifs is 1. The van der Waals surface area contributed by atoms with E-state index in [4.69, 9.17) is 4.74 Å². The van der Waals surface area contributed by atoms with Crippen molar-refractivity contribution in [2.24, 2.45) is 0 Å². The van der Waals surface area contributed by atoms with Crippen LogP contribution in [0.3, 0.4) is 0 Å². The summed E-state index contributed by atoms with van der Waals surface area (Å²) in [6, 6.07) is 14.9. The van der Waals surface area contributed by atoms with Gasteiger partial charge in [-0.3, -0.25) is 14.9 Å². The van der Waals surface area contributed by atoms with Crippen molar-refractivity contribution in [3.63, 3.8) is 0 Å². The predicted octanol–water partition coefficient (Wildman–Crippen LogP) is 4.55. The van der Waals surface area contributed by atoms with Gasteiger partial charge in [0.2, 0.25) is 0 Å². The number of phenols is 1. The lowest BCUT2D eigenvalue weighted by Gasteiger charge is -2.26. The Morgan fingerprint density at radius 3 is 2.64 bits per heavy atom. The molecule has 0 bridgehead atoms. The first kappa shape index (κ1) is 20.8. The average Bonchev–Trinajstić information content (AvgIpc) is 3.36. The number of rotatable bonds is 5. The highest BCUT2D eigenvalue weighted by atomic mass is 16.5. The van der Waals surface area contributed by atoms with Crippen molar-refractivity contribution in [1.82, 2.24) is 20.1 Å². The van der Waals surface area contributed by atoms with Gasteiger partial charge in [-0.05, 0) is 60.4 Å². The molecule has 0 fully saturated rings. The molecule has 2 N–H and O–H groups in total. The van der Waals surface area contributed by atoms with E-state index in [9.17, 15) is 9.90 Å². The van der Waals surface area contributed by atoms with Crippen molar-refractivity contribution in [2.45, 2.75) is 26.4 Å². The maximum atomic E-state index is 13.5. The minimum Gasteiger partial charge on any atom is -0.507 e. The van der Waals surface area contributed by atoms with Crippen molar-refractivity contribution < 1.29 is 14.6 Å². The number of carbonyl (C=O) groups excluding carboxylic acids is 1. The van der Waals surface area contributed by atoms with E-state index >= 15 is 0 Å². The van der Waals surface area contributed by atoms with Gasteiger partial charge < -0.3 is 14.7 Å². The van der Waals surface area contributed by atoms with Crippen molar-refractivity contribution in [2.75, 3.05) is 7.11 Å². The van der Waals surface area contributed by atoms with E-state index in [1.54, 1.807) is 19.5 Å². The monoisotopic (exact) mass is 440 g/mol. The maximum absolute atomic E-state index is 13.5. The van der Waals surface area contributed by atoms with Crippen LogP contribution in [0.2, 0.25) is 0 Å². The molecule has 0 spiro atoms. The van der Waals surface area contributed by atoms with Crippen LogP contribution in [0.15, 0.2) is 60.9 Å². The molecule has 0 unspecified atom stereocenters. The van der Waals surface area contributed by atoms with Crippen LogP contribution in [-0.4, -0.2) is 38.2 Å². The summed E-state index contributed by atoms with van der Waals surface area (Å²) in [6.45, 7) is 4.23. The molecule has 33 heavy (non-hydrogen) atoms. The fourth-order valence-corrected chi connectivity index (χ4v) is 4.53. The van der Waals surface area contributed by atoms with Crippen LogP contribution < -0.4 is 4.74 Å². The summed E-state index contributed by atoms with van der Waals surface area (Å²) in [6.07, 6.45) is 3.48. The molecule has 7 nitrogen and oxygen atoms in total. The topological polar surface area (TPSA) is 91.3 Å². The van der Waals surface area contributed by atoms with Crippen LogP contribution in [-0.2, 0) is 6.54 Å². The number of carbonyl (C=O) groups is 1. The average molecular weight is 441 g/mol. The number of methoxy groups -OCH3 is 1. The Bertz CT molecular complexity index is 1330.